The third-order valence-corrected chi connectivity index (χ3v) is 7.58. The van der Waals surface area contributed by atoms with Gasteiger partial charge in [-0.2, -0.15) is 0 Å². The van der Waals surface area contributed by atoms with Crippen molar-refractivity contribution < 1.29 is 4.74 Å². The van der Waals surface area contributed by atoms with E-state index in [0.717, 1.165) is 56.2 Å². The monoisotopic (exact) mass is 555 g/mol. The molecular formula is C35H49N5O. The molecule has 1 atom stereocenters. The van der Waals surface area contributed by atoms with Gasteiger partial charge in [-0.3, -0.25) is 9.98 Å². The van der Waals surface area contributed by atoms with Crippen molar-refractivity contribution in [3.63, 3.8) is 0 Å². The fourth-order valence-corrected chi connectivity index (χ4v) is 5.18. The number of rotatable bonds is 8. The van der Waals surface area contributed by atoms with E-state index in [4.69, 9.17) is 4.74 Å². The van der Waals surface area contributed by atoms with Gasteiger partial charge in [-0.25, -0.2) is 0 Å². The van der Waals surface area contributed by atoms with Gasteiger partial charge in [-0.05, 0) is 92.1 Å². The van der Waals surface area contributed by atoms with Crippen molar-refractivity contribution in [2.75, 3.05) is 33.8 Å². The molecule has 4 rings (SSSR count). The fourth-order valence-electron chi connectivity index (χ4n) is 5.18. The van der Waals surface area contributed by atoms with Crippen LogP contribution in [0.25, 0.3) is 0 Å². The van der Waals surface area contributed by atoms with Gasteiger partial charge in [-0.1, -0.05) is 31.7 Å². The van der Waals surface area contributed by atoms with Gasteiger partial charge in [0.15, 0.2) is 0 Å². The molecule has 1 aromatic heterocycles. The molecule has 41 heavy (non-hydrogen) atoms. The van der Waals surface area contributed by atoms with E-state index < -0.39 is 0 Å². The minimum absolute atomic E-state index is 0.495. The van der Waals surface area contributed by atoms with E-state index in [1.54, 1.807) is 7.11 Å². The fraction of sp³-hybridized carbons (Fsp3) is 0.429. The molecule has 220 valence electrons. The Kier molecular flexibility index (Phi) is 12.7. The quantitative estimate of drug-likeness (QED) is 0.377. The van der Waals surface area contributed by atoms with Crippen LogP contribution in [0.2, 0.25) is 0 Å². The van der Waals surface area contributed by atoms with Crippen molar-refractivity contribution >= 4 is 6.21 Å². The number of pyridine rings is 1. The first-order valence-electron chi connectivity index (χ1n) is 14.8. The lowest BCUT2D eigenvalue weighted by molar-refractivity contribution is 0.241. The summed E-state index contributed by atoms with van der Waals surface area (Å²) in [6.45, 7) is 16.4. The highest BCUT2D eigenvalue weighted by Crippen LogP contribution is 2.29. The van der Waals surface area contributed by atoms with Crippen LogP contribution in [0.3, 0.4) is 0 Å². The minimum atomic E-state index is 0.495. The second-order valence-corrected chi connectivity index (χ2v) is 10.9. The van der Waals surface area contributed by atoms with Crippen molar-refractivity contribution in [2.24, 2.45) is 10.9 Å². The number of likely N-dealkylation sites (tertiary alicyclic amines) is 1. The number of nitrogens with one attached hydrogen (secondary N) is 2. The van der Waals surface area contributed by atoms with Gasteiger partial charge in [0.2, 0.25) is 0 Å². The number of ether oxygens (including phenoxy) is 1. The first-order valence-corrected chi connectivity index (χ1v) is 14.8. The molecule has 0 spiro atoms. The molecule has 2 aromatic rings. The molecule has 0 amide bonds. The summed E-state index contributed by atoms with van der Waals surface area (Å²) in [5.41, 5.74) is 9.86. The molecule has 0 radical (unpaired) electrons. The topological polar surface area (TPSA) is 61.8 Å². The Bertz CT molecular complexity index is 1240. The second-order valence-electron chi connectivity index (χ2n) is 10.9. The maximum absolute atomic E-state index is 5.14. The summed E-state index contributed by atoms with van der Waals surface area (Å²) in [7, 11) is 3.67. The normalized spacial score (nSPS) is 21.8. The van der Waals surface area contributed by atoms with E-state index in [1.165, 1.54) is 46.4 Å². The Morgan fingerprint density at radius 3 is 2.68 bits per heavy atom. The van der Waals surface area contributed by atoms with E-state index in [1.807, 2.05) is 37.8 Å². The van der Waals surface area contributed by atoms with Crippen LogP contribution < -0.4 is 15.4 Å². The number of aliphatic imine (C=N–C) groups is 1. The maximum atomic E-state index is 5.14. The summed E-state index contributed by atoms with van der Waals surface area (Å²) < 4.78 is 5.14. The number of hydrogen-bond donors (Lipinski definition) is 2. The van der Waals surface area contributed by atoms with E-state index in [-0.39, 0.29) is 0 Å². The molecule has 6 heteroatoms. The number of piperidine rings is 1. The Morgan fingerprint density at radius 2 is 2.00 bits per heavy atom. The SMILES string of the molecule is C=C(C)N1CCCC(C2=C/C(C)=C(\NC)C=NCC\C(NCc3cccnc3)=C\2)C1.CCc1cc(C)cc(OC)c1. The number of aromatic nitrogens is 1. The Labute approximate surface area is 248 Å². The first kappa shape index (κ1) is 31.7. The molecular weight excluding hydrogens is 506 g/mol. The predicted octanol–water partition coefficient (Wildman–Crippen LogP) is 6.76. The zero-order valence-electron chi connectivity index (χ0n) is 26.0. The summed E-state index contributed by atoms with van der Waals surface area (Å²) in [5.74, 6) is 1.46. The van der Waals surface area contributed by atoms with Crippen molar-refractivity contribution in [3.05, 3.63) is 106 Å². The van der Waals surface area contributed by atoms with Crippen LogP contribution in [0.15, 0.2) is 94.7 Å². The van der Waals surface area contributed by atoms with Gasteiger partial charge < -0.3 is 20.3 Å². The average Bonchev–Trinajstić information content (AvgIpc) is 2.99. The molecule has 0 saturated carbocycles. The molecule has 1 fully saturated rings. The van der Waals surface area contributed by atoms with E-state index in [0.29, 0.717) is 5.92 Å². The number of aryl methyl sites for hydroxylation is 2. The van der Waals surface area contributed by atoms with E-state index in [2.05, 4.69) is 90.1 Å². The van der Waals surface area contributed by atoms with Gasteiger partial charge in [0.05, 0.1) is 12.8 Å². The van der Waals surface area contributed by atoms with Crippen molar-refractivity contribution in [3.8, 4) is 5.75 Å². The zero-order valence-corrected chi connectivity index (χ0v) is 26.0. The van der Waals surface area contributed by atoms with Crippen molar-refractivity contribution in [1.29, 1.82) is 0 Å². The highest BCUT2D eigenvalue weighted by Gasteiger charge is 2.22. The van der Waals surface area contributed by atoms with Gasteiger partial charge in [0.1, 0.15) is 5.75 Å². The van der Waals surface area contributed by atoms with Crippen LogP contribution in [-0.4, -0.2) is 49.9 Å². The van der Waals surface area contributed by atoms with Crippen LogP contribution in [-0.2, 0) is 13.0 Å². The number of hydrogen-bond acceptors (Lipinski definition) is 6. The van der Waals surface area contributed by atoms with Crippen LogP contribution in [0.1, 0.15) is 56.7 Å². The summed E-state index contributed by atoms with van der Waals surface area (Å²) in [6.07, 6.45) is 14.8. The lowest BCUT2D eigenvalue weighted by Gasteiger charge is -2.35. The minimum Gasteiger partial charge on any atom is -0.497 e. The Hall–Kier alpha value is -3.80. The summed E-state index contributed by atoms with van der Waals surface area (Å²) in [5, 5.41) is 6.94. The first-order chi connectivity index (χ1) is 19.8. The molecule has 6 nitrogen and oxygen atoms in total. The molecule has 0 bridgehead atoms. The predicted molar refractivity (Wildman–Crippen MR) is 173 cm³/mol. The Morgan fingerprint density at radius 1 is 1.17 bits per heavy atom. The lowest BCUT2D eigenvalue weighted by Crippen LogP contribution is -2.34. The number of benzene rings is 1. The zero-order chi connectivity index (χ0) is 29.6. The summed E-state index contributed by atoms with van der Waals surface area (Å²) in [4.78, 5) is 11.3. The third kappa shape index (κ3) is 10.3. The van der Waals surface area contributed by atoms with Gasteiger partial charge in [0, 0.05) is 75.6 Å². The molecule has 1 aromatic carbocycles. The average molecular weight is 556 g/mol. The van der Waals surface area contributed by atoms with Gasteiger partial charge in [0.25, 0.3) is 0 Å². The number of nitrogens with zero attached hydrogens (tertiary/aromatic N) is 3. The Balaban J connectivity index is 0.000000352. The highest BCUT2D eigenvalue weighted by molar-refractivity contribution is 5.79. The highest BCUT2D eigenvalue weighted by atomic mass is 16.5. The van der Waals surface area contributed by atoms with Crippen LogP contribution in [0.5, 0.6) is 5.75 Å². The van der Waals surface area contributed by atoms with Crippen LogP contribution in [0, 0.1) is 12.8 Å². The van der Waals surface area contributed by atoms with Crippen molar-refractivity contribution in [2.45, 2.75) is 59.9 Å². The number of allylic oxidation sites excluding steroid dienone is 5. The molecule has 0 aliphatic carbocycles. The smallest absolute Gasteiger partial charge is 0.119 e. The summed E-state index contributed by atoms with van der Waals surface area (Å²) >= 11 is 0. The van der Waals surface area contributed by atoms with Gasteiger partial charge >= 0.3 is 0 Å². The van der Waals surface area contributed by atoms with Gasteiger partial charge in [-0.15, -0.1) is 0 Å². The standard InChI is InChI=1S/C25H35N5.C10H14O/c1-19(2)30-12-6-8-22(18-30)23-13-20(3)25(26-4)17-28-11-9-24(14-23)29-16-21-7-5-10-27-15-21;1-4-9-5-8(2)6-10(7-9)11-3/h5,7,10,13-15,17,22,26,29H,1,6,8-9,11-12,16,18H2,2-4H3;5-7H,4H2,1-3H3/b23-13+,24-14-,25-20-,28-17?;. The van der Waals surface area contributed by atoms with Crippen molar-refractivity contribution in [1.82, 2.24) is 20.5 Å². The summed E-state index contributed by atoms with van der Waals surface area (Å²) in [6, 6.07) is 10.4. The molecule has 2 aliphatic rings. The molecule has 2 N–H and O–H groups in total. The van der Waals surface area contributed by atoms with Crippen LogP contribution >= 0.6 is 0 Å². The van der Waals surface area contributed by atoms with Crippen LogP contribution in [0.4, 0.5) is 0 Å². The molecule has 1 saturated heterocycles. The maximum Gasteiger partial charge on any atom is 0.119 e. The van der Waals surface area contributed by atoms with E-state index >= 15 is 0 Å². The molecule has 3 heterocycles. The number of methoxy groups -OCH3 is 1. The lowest BCUT2D eigenvalue weighted by atomic mass is 9.87. The van der Waals surface area contributed by atoms with E-state index in [9.17, 15) is 0 Å². The molecule has 2 aliphatic heterocycles. The second kappa shape index (κ2) is 16.5. The molecule has 1 unspecified atom stereocenters. The largest absolute Gasteiger partial charge is 0.497 e. The third-order valence-electron chi connectivity index (χ3n) is 7.58.